The van der Waals surface area contributed by atoms with Crippen LogP contribution in [-0.2, 0) is 4.79 Å². The lowest BCUT2D eigenvalue weighted by Gasteiger charge is -1.88. The van der Waals surface area contributed by atoms with E-state index in [0.29, 0.717) is 12.5 Å². The zero-order valence-corrected chi connectivity index (χ0v) is 6.66. The summed E-state index contributed by atoms with van der Waals surface area (Å²) in [5.74, 6) is 0.240. The van der Waals surface area contributed by atoms with Crippen molar-refractivity contribution in [1.82, 2.24) is 9.97 Å². The number of carbonyl (C=O) groups excluding carboxylic acids is 1. The topological polar surface area (TPSA) is 75.4 Å². The maximum atomic E-state index is 10.2. The fourth-order valence-corrected chi connectivity index (χ4v) is 0.584. The molecule has 0 atom stereocenters. The first-order chi connectivity index (χ1) is 6.36. The Morgan fingerprint density at radius 3 is 2.69 bits per heavy atom. The van der Waals surface area contributed by atoms with Crippen LogP contribution in [0.4, 0.5) is 5.95 Å². The second-order valence-corrected chi connectivity index (χ2v) is 2.05. The quantitative estimate of drug-likeness (QED) is 0.321. The number of aliphatic hydroxyl groups excluding tert-OH is 1. The van der Waals surface area contributed by atoms with E-state index in [1.807, 2.05) is 0 Å². The Morgan fingerprint density at radius 1 is 1.46 bits per heavy atom. The minimum absolute atomic E-state index is 0.0625. The lowest BCUT2D eigenvalue weighted by Crippen LogP contribution is -1.86. The molecule has 0 saturated heterocycles. The van der Waals surface area contributed by atoms with Gasteiger partial charge in [-0.25, -0.2) is 15.0 Å². The Balaban J connectivity index is 2.74. The van der Waals surface area contributed by atoms with Crippen molar-refractivity contribution in [3.63, 3.8) is 0 Å². The van der Waals surface area contributed by atoms with Crippen LogP contribution in [0.1, 0.15) is 0 Å². The van der Waals surface area contributed by atoms with Crippen LogP contribution in [-0.4, -0.2) is 27.6 Å². The minimum Gasteiger partial charge on any atom is -0.515 e. The Morgan fingerprint density at radius 2 is 2.15 bits per heavy atom. The molecule has 13 heavy (non-hydrogen) atoms. The molecular formula is C8H7N3O2. The van der Waals surface area contributed by atoms with Crippen molar-refractivity contribution in [2.75, 3.05) is 0 Å². The lowest BCUT2D eigenvalue weighted by molar-refractivity contribution is -0.104. The summed E-state index contributed by atoms with van der Waals surface area (Å²) in [4.78, 5) is 21.5. The third kappa shape index (κ3) is 2.82. The monoisotopic (exact) mass is 177 g/mol. The fraction of sp³-hybridized carbons (Fsp3) is 0. The van der Waals surface area contributed by atoms with Gasteiger partial charge in [0.15, 0.2) is 6.29 Å². The number of allylic oxidation sites excluding steroid dienone is 1. The van der Waals surface area contributed by atoms with Gasteiger partial charge in [0, 0.05) is 18.6 Å². The highest BCUT2D eigenvalue weighted by molar-refractivity contribution is 6.01. The average Bonchev–Trinajstić information content (AvgIpc) is 2.21. The molecule has 66 valence electrons. The molecule has 0 amide bonds. The number of aliphatic imine (C=N–C) groups is 1. The fourth-order valence-electron chi connectivity index (χ4n) is 0.584. The summed E-state index contributed by atoms with van der Waals surface area (Å²) in [7, 11) is 0. The van der Waals surface area contributed by atoms with Gasteiger partial charge in [0.2, 0.25) is 5.95 Å². The molecule has 0 aliphatic heterocycles. The molecule has 0 radical (unpaired) electrons. The number of aldehydes is 1. The van der Waals surface area contributed by atoms with E-state index in [2.05, 4.69) is 15.0 Å². The molecule has 0 saturated carbocycles. The highest BCUT2D eigenvalue weighted by Gasteiger charge is 1.90. The summed E-state index contributed by atoms with van der Waals surface area (Å²) in [6, 6.07) is 1.65. The Kier molecular flexibility index (Phi) is 3.31. The molecular weight excluding hydrogens is 170 g/mol. The molecule has 0 bridgehead atoms. The van der Waals surface area contributed by atoms with E-state index in [9.17, 15) is 4.79 Å². The normalized spacial score (nSPS) is 11.8. The van der Waals surface area contributed by atoms with Crippen LogP contribution in [0.5, 0.6) is 0 Å². The molecule has 0 unspecified atom stereocenters. The van der Waals surface area contributed by atoms with E-state index in [4.69, 9.17) is 5.11 Å². The maximum Gasteiger partial charge on any atom is 0.249 e. The van der Waals surface area contributed by atoms with Crippen LogP contribution in [0.2, 0.25) is 0 Å². The second-order valence-electron chi connectivity index (χ2n) is 2.05. The maximum absolute atomic E-state index is 10.2. The third-order valence-corrected chi connectivity index (χ3v) is 1.17. The van der Waals surface area contributed by atoms with Crippen LogP contribution in [0, 0.1) is 0 Å². The molecule has 1 heterocycles. The van der Waals surface area contributed by atoms with E-state index in [1.165, 1.54) is 18.6 Å². The molecule has 5 heteroatoms. The summed E-state index contributed by atoms with van der Waals surface area (Å²) in [6.07, 6.45) is 5.39. The summed E-state index contributed by atoms with van der Waals surface area (Å²) >= 11 is 0. The summed E-state index contributed by atoms with van der Waals surface area (Å²) in [6.45, 7) is 0. The van der Waals surface area contributed by atoms with Gasteiger partial charge < -0.3 is 5.11 Å². The van der Waals surface area contributed by atoms with E-state index >= 15 is 0 Å². The molecule has 0 spiro atoms. The largest absolute Gasteiger partial charge is 0.515 e. The molecule has 0 aromatic carbocycles. The van der Waals surface area contributed by atoms with Crippen molar-refractivity contribution in [3.8, 4) is 0 Å². The van der Waals surface area contributed by atoms with Crippen molar-refractivity contribution in [3.05, 3.63) is 30.3 Å². The van der Waals surface area contributed by atoms with E-state index in [0.717, 1.165) is 0 Å². The van der Waals surface area contributed by atoms with E-state index in [1.54, 1.807) is 6.07 Å². The van der Waals surface area contributed by atoms with Gasteiger partial charge in [-0.2, -0.15) is 0 Å². The number of rotatable bonds is 3. The van der Waals surface area contributed by atoms with Gasteiger partial charge in [-0.1, -0.05) is 0 Å². The summed E-state index contributed by atoms with van der Waals surface area (Å²) in [5, 5.41) is 8.48. The first-order valence-electron chi connectivity index (χ1n) is 3.47. The molecule has 1 aromatic heterocycles. The zero-order valence-electron chi connectivity index (χ0n) is 6.66. The Labute approximate surface area is 74.5 Å². The van der Waals surface area contributed by atoms with Crippen LogP contribution in [0.15, 0.2) is 35.3 Å². The molecule has 1 rings (SSSR count). The standard InChI is InChI=1S/C8H7N3O2/c12-5-7(6-13)4-11-8-9-2-1-3-10-8/h1-6,12H/b7-5+,11-4+. The predicted molar refractivity (Wildman–Crippen MR) is 47.0 cm³/mol. The first kappa shape index (κ1) is 9.05. The van der Waals surface area contributed by atoms with Gasteiger partial charge in [-0.3, -0.25) is 4.79 Å². The summed E-state index contributed by atoms with van der Waals surface area (Å²) in [5.41, 5.74) is 0.0625. The van der Waals surface area contributed by atoms with Crippen LogP contribution >= 0.6 is 0 Å². The molecule has 5 nitrogen and oxygen atoms in total. The van der Waals surface area contributed by atoms with Gasteiger partial charge in [-0.15, -0.1) is 0 Å². The zero-order chi connectivity index (χ0) is 9.52. The van der Waals surface area contributed by atoms with Gasteiger partial charge in [0.1, 0.15) is 0 Å². The SMILES string of the molecule is O=CC(/C=N/c1ncccn1)=C/O. The average molecular weight is 177 g/mol. The number of aliphatic hydroxyl groups is 1. The van der Waals surface area contributed by atoms with Gasteiger partial charge in [0.25, 0.3) is 0 Å². The Bertz CT molecular complexity index is 333. The minimum atomic E-state index is 0.0625. The molecule has 0 aliphatic rings. The lowest BCUT2D eigenvalue weighted by atomic mass is 10.4. The van der Waals surface area contributed by atoms with Crippen molar-refractivity contribution in [2.45, 2.75) is 0 Å². The van der Waals surface area contributed by atoms with E-state index < -0.39 is 0 Å². The van der Waals surface area contributed by atoms with Crippen molar-refractivity contribution < 1.29 is 9.90 Å². The smallest absolute Gasteiger partial charge is 0.249 e. The predicted octanol–water partition coefficient (Wildman–Crippen LogP) is 0.820. The van der Waals surface area contributed by atoms with Crippen molar-refractivity contribution >= 4 is 18.4 Å². The Hall–Kier alpha value is -2.04. The van der Waals surface area contributed by atoms with Gasteiger partial charge in [0.05, 0.1) is 11.8 Å². The number of carbonyl (C=O) groups is 1. The van der Waals surface area contributed by atoms with Crippen LogP contribution in [0.25, 0.3) is 0 Å². The molecule has 1 N–H and O–H groups in total. The summed E-state index contributed by atoms with van der Waals surface area (Å²) < 4.78 is 0. The highest BCUT2D eigenvalue weighted by atomic mass is 16.2. The van der Waals surface area contributed by atoms with Crippen LogP contribution < -0.4 is 0 Å². The molecule has 0 aliphatic carbocycles. The molecule has 1 aromatic rings. The van der Waals surface area contributed by atoms with Crippen LogP contribution in [0.3, 0.4) is 0 Å². The molecule has 0 fully saturated rings. The van der Waals surface area contributed by atoms with Gasteiger partial charge in [-0.05, 0) is 6.07 Å². The first-order valence-corrected chi connectivity index (χ1v) is 3.47. The number of hydrogen-bond donors (Lipinski definition) is 1. The third-order valence-electron chi connectivity index (χ3n) is 1.17. The number of nitrogens with zero attached hydrogens (tertiary/aromatic N) is 3. The number of hydrogen-bond acceptors (Lipinski definition) is 5. The second kappa shape index (κ2) is 4.76. The van der Waals surface area contributed by atoms with Crippen molar-refractivity contribution in [1.29, 1.82) is 0 Å². The number of aromatic nitrogens is 2. The van der Waals surface area contributed by atoms with Crippen molar-refractivity contribution in [2.24, 2.45) is 4.99 Å². The van der Waals surface area contributed by atoms with E-state index in [-0.39, 0.29) is 11.5 Å². The highest BCUT2D eigenvalue weighted by Crippen LogP contribution is 1.98. The van der Waals surface area contributed by atoms with Gasteiger partial charge >= 0.3 is 0 Å².